The predicted octanol–water partition coefficient (Wildman–Crippen LogP) is 2.17. The molecule has 0 spiro atoms. The van der Waals surface area contributed by atoms with Crippen LogP contribution in [0.1, 0.15) is 38.4 Å². The van der Waals surface area contributed by atoms with E-state index in [0.717, 1.165) is 19.0 Å². The van der Waals surface area contributed by atoms with Crippen molar-refractivity contribution in [3.8, 4) is 0 Å². The summed E-state index contributed by atoms with van der Waals surface area (Å²) in [5, 5.41) is 3.11. The fraction of sp³-hybridized carbons (Fsp3) is 0.529. The average Bonchev–Trinajstić information content (AvgIpc) is 3.29. The van der Waals surface area contributed by atoms with Crippen molar-refractivity contribution < 1.29 is 9.18 Å². The fourth-order valence-corrected chi connectivity index (χ4v) is 2.53. The number of nitrogens with one attached hydrogen (secondary N) is 1. The molecule has 0 bridgehead atoms. The van der Waals surface area contributed by atoms with Crippen molar-refractivity contribution in [2.24, 2.45) is 10.9 Å². The quantitative estimate of drug-likeness (QED) is 0.840. The van der Waals surface area contributed by atoms with Gasteiger partial charge in [-0.2, -0.15) is 0 Å². The first-order valence-electron chi connectivity index (χ1n) is 8.25. The summed E-state index contributed by atoms with van der Waals surface area (Å²) in [6.45, 7) is 4.45. The Labute approximate surface area is 140 Å². The molecule has 7 heteroatoms. The van der Waals surface area contributed by atoms with E-state index in [-0.39, 0.29) is 23.6 Å². The van der Waals surface area contributed by atoms with Crippen LogP contribution in [-0.2, 0) is 4.79 Å². The standard InChI is InChI=1S/C17H22FN5O/c1-10(2)7-20-16-13(18)9-21-15(22-16)11-6-14(19-8-11)17(24)23(3)12-4-5-12/h6-7,9-12,19H,4-5,8H2,1-3H3. The summed E-state index contributed by atoms with van der Waals surface area (Å²) >= 11 is 0. The lowest BCUT2D eigenvalue weighted by atomic mass is 10.1. The summed E-state index contributed by atoms with van der Waals surface area (Å²) in [6, 6.07) is 0.360. The number of likely N-dealkylation sites (N-methyl/N-ethyl adjacent to an activating group) is 1. The minimum atomic E-state index is -0.546. The lowest BCUT2D eigenvalue weighted by molar-refractivity contribution is -0.126. The van der Waals surface area contributed by atoms with Crippen molar-refractivity contribution in [2.75, 3.05) is 13.6 Å². The van der Waals surface area contributed by atoms with Crippen LogP contribution >= 0.6 is 0 Å². The van der Waals surface area contributed by atoms with Crippen LogP contribution < -0.4 is 5.32 Å². The number of halogens is 1. The first-order chi connectivity index (χ1) is 11.5. The highest BCUT2D eigenvalue weighted by atomic mass is 19.1. The van der Waals surface area contributed by atoms with Gasteiger partial charge in [0, 0.05) is 25.8 Å². The van der Waals surface area contributed by atoms with Crippen molar-refractivity contribution in [1.29, 1.82) is 0 Å². The minimum Gasteiger partial charge on any atom is -0.380 e. The molecule has 1 saturated carbocycles. The molecule has 2 heterocycles. The van der Waals surface area contributed by atoms with E-state index >= 15 is 0 Å². The van der Waals surface area contributed by atoms with Crippen LogP contribution in [0.5, 0.6) is 0 Å². The van der Waals surface area contributed by atoms with E-state index in [9.17, 15) is 9.18 Å². The van der Waals surface area contributed by atoms with Crippen LogP contribution in [0.4, 0.5) is 10.2 Å². The molecule has 3 rings (SSSR count). The number of amides is 1. The van der Waals surface area contributed by atoms with Gasteiger partial charge < -0.3 is 10.2 Å². The van der Waals surface area contributed by atoms with Gasteiger partial charge in [-0.15, -0.1) is 0 Å². The van der Waals surface area contributed by atoms with Crippen LogP contribution in [0.25, 0.3) is 0 Å². The average molecular weight is 331 g/mol. The van der Waals surface area contributed by atoms with Crippen LogP contribution in [0.3, 0.4) is 0 Å². The third-order valence-electron chi connectivity index (χ3n) is 4.10. The van der Waals surface area contributed by atoms with Crippen molar-refractivity contribution in [3.63, 3.8) is 0 Å². The highest BCUT2D eigenvalue weighted by molar-refractivity contribution is 5.93. The highest BCUT2D eigenvalue weighted by Crippen LogP contribution is 2.28. The first-order valence-corrected chi connectivity index (χ1v) is 8.25. The first kappa shape index (κ1) is 16.5. The van der Waals surface area contributed by atoms with E-state index in [2.05, 4.69) is 20.3 Å². The molecule has 6 nitrogen and oxygen atoms in total. The molecule has 1 amide bonds. The Hall–Kier alpha value is -2.31. The number of carbonyl (C=O) groups is 1. The van der Waals surface area contributed by atoms with Gasteiger partial charge in [0.2, 0.25) is 0 Å². The maximum atomic E-state index is 13.8. The molecule has 1 aromatic heterocycles. The van der Waals surface area contributed by atoms with Gasteiger partial charge in [0.1, 0.15) is 5.82 Å². The Morgan fingerprint density at radius 1 is 1.50 bits per heavy atom. The van der Waals surface area contributed by atoms with E-state index in [4.69, 9.17) is 0 Å². The molecule has 0 radical (unpaired) electrons. The van der Waals surface area contributed by atoms with E-state index in [1.165, 1.54) is 0 Å². The molecule has 1 aromatic rings. The second-order valence-electron chi connectivity index (χ2n) is 6.64. The number of hydrogen-bond donors (Lipinski definition) is 1. The van der Waals surface area contributed by atoms with Crippen molar-refractivity contribution in [2.45, 2.75) is 38.6 Å². The topological polar surface area (TPSA) is 70.5 Å². The molecule has 24 heavy (non-hydrogen) atoms. The zero-order valence-corrected chi connectivity index (χ0v) is 14.2. The fourth-order valence-electron chi connectivity index (χ4n) is 2.53. The Kier molecular flexibility index (Phi) is 4.59. The molecule has 1 fully saturated rings. The van der Waals surface area contributed by atoms with Crippen molar-refractivity contribution in [1.82, 2.24) is 20.2 Å². The maximum absolute atomic E-state index is 13.8. The lowest BCUT2D eigenvalue weighted by Crippen LogP contribution is -2.33. The van der Waals surface area contributed by atoms with Gasteiger partial charge >= 0.3 is 0 Å². The van der Waals surface area contributed by atoms with Crippen LogP contribution in [-0.4, -0.2) is 46.6 Å². The van der Waals surface area contributed by atoms with E-state index in [0.29, 0.717) is 24.1 Å². The van der Waals surface area contributed by atoms with Crippen LogP contribution in [0, 0.1) is 11.7 Å². The number of aromatic nitrogens is 2. The highest BCUT2D eigenvalue weighted by Gasteiger charge is 2.33. The smallest absolute Gasteiger partial charge is 0.269 e. The second-order valence-corrected chi connectivity index (χ2v) is 6.64. The van der Waals surface area contributed by atoms with Gasteiger partial charge in [0.15, 0.2) is 11.6 Å². The molecule has 128 valence electrons. The number of aliphatic imine (C=N–C) groups is 1. The maximum Gasteiger partial charge on any atom is 0.269 e. The lowest BCUT2D eigenvalue weighted by Gasteiger charge is -2.16. The van der Waals surface area contributed by atoms with Crippen molar-refractivity contribution in [3.05, 3.63) is 29.6 Å². The molecular weight excluding hydrogens is 309 g/mol. The normalized spacial score (nSPS) is 20.4. The molecule has 1 aliphatic heterocycles. The predicted molar refractivity (Wildman–Crippen MR) is 89.6 cm³/mol. The molecule has 1 N–H and O–H groups in total. The third-order valence-corrected chi connectivity index (χ3v) is 4.10. The van der Waals surface area contributed by atoms with Crippen molar-refractivity contribution >= 4 is 17.9 Å². The van der Waals surface area contributed by atoms with Crippen LogP contribution in [0.15, 0.2) is 23.0 Å². The number of nitrogens with zero attached hydrogens (tertiary/aromatic N) is 4. The molecule has 1 aliphatic carbocycles. The SMILES string of the molecule is CC(C)C=Nc1nc(C2C=C(C(=O)N(C)C3CC3)NC2)ncc1F. The van der Waals surface area contributed by atoms with Gasteiger partial charge in [-0.1, -0.05) is 13.8 Å². The van der Waals surface area contributed by atoms with Gasteiger partial charge in [-0.25, -0.2) is 19.4 Å². The summed E-state index contributed by atoms with van der Waals surface area (Å²) in [7, 11) is 1.82. The molecule has 1 unspecified atom stereocenters. The summed E-state index contributed by atoms with van der Waals surface area (Å²) in [6.07, 6.45) is 6.75. The number of rotatable bonds is 5. The minimum absolute atomic E-state index is 0.0137. The molecule has 1 atom stereocenters. The van der Waals surface area contributed by atoms with E-state index < -0.39 is 5.82 Å². The summed E-state index contributed by atoms with van der Waals surface area (Å²) in [5.74, 6) is -0.00707. The molecular formula is C17H22FN5O. The zero-order chi connectivity index (χ0) is 17.3. The summed E-state index contributed by atoms with van der Waals surface area (Å²) in [4.78, 5) is 26.5. The van der Waals surface area contributed by atoms with E-state index in [1.54, 1.807) is 11.1 Å². The van der Waals surface area contributed by atoms with Gasteiger partial charge in [0.05, 0.1) is 17.8 Å². The summed E-state index contributed by atoms with van der Waals surface area (Å²) < 4.78 is 13.8. The van der Waals surface area contributed by atoms with E-state index in [1.807, 2.05) is 27.0 Å². The zero-order valence-electron chi connectivity index (χ0n) is 14.2. The molecule has 0 saturated heterocycles. The molecule has 2 aliphatic rings. The monoisotopic (exact) mass is 331 g/mol. The van der Waals surface area contributed by atoms with Gasteiger partial charge in [-0.05, 0) is 24.8 Å². The Morgan fingerprint density at radius 3 is 2.92 bits per heavy atom. The van der Waals surface area contributed by atoms with Gasteiger partial charge in [-0.3, -0.25) is 4.79 Å². The molecule has 0 aromatic carbocycles. The second kappa shape index (κ2) is 6.67. The van der Waals surface area contributed by atoms with Crippen LogP contribution in [0.2, 0.25) is 0 Å². The third kappa shape index (κ3) is 3.60. The Bertz CT molecular complexity index is 696. The number of hydrogen-bond acceptors (Lipinski definition) is 5. The largest absolute Gasteiger partial charge is 0.380 e. The Balaban J connectivity index is 1.77. The Morgan fingerprint density at radius 2 is 2.25 bits per heavy atom. The summed E-state index contributed by atoms with van der Waals surface area (Å²) in [5.41, 5.74) is 0.564. The van der Waals surface area contributed by atoms with Gasteiger partial charge in [0.25, 0.3) is 5.91 Å². The number of carbonyl (C=O) groups excluding carboxylic acids is 1.